The van der Waals surface area contributed by atoms with Crippen molar-refractivity contribution in [2.75, 3.05) is 19.7 Å². The molecule has 3 saturated carbocycles. The maximum atomic E-state index is 13.6. The quantitative estimate of drug-likeness (QED) is 0.703. The minimum atomic E-state index is -1.12. The first kappa shape index (κ1) is 20.5. The SMILES string of the molecule is N#CC1C[C@H](F)CN1C(=O)CNC12CCC(C(=O)OC3CCCCO3)(CC1)CC2. The Morgan fingerprint density at radius 1 is 1.21 bits per heavy atom. The summed E-state index contributed by atoms with van der Waals surface area (Å²) in [6.45, 7) is 0.765. The Morgan fingerprint density at radius 3 is 2.55 bits per heavy atom. The van der Waals surface area contributed by atoms with Gasteiger partial charge in [0, 0.05) is 18.4 Å². The molecule has 1 N–H and O–H groups in total. The smallest absolute Gasteiger partial charge is 0.314 e. The topological polar surface area (TPSA) is 91.7 Å². The molecule has 3 atom stereocenters. The van der Waals surface area contributed by atoms with E-state index in [9.17, 15) is 14.0 Å². The van der Waals surface area contributed by atoms with Gasteiger partial charge in [-0.15, -0.1) is 0 Å². The number of alkyl halides is 1. The van der Waals surface area contributed by atoms with E-state index in [0.29, 0.717) is 6.61 Å². The molecular formula is C21H30FN3O4. The fourth-order valence-electron chi connectivity index (χ4n) is 5.35. The number of ether oxygens (including phenoxy) is 2. The van der Waals surface area contributed by atoms with Gasteiger partial charge in [0.15, 0.2) is 0 Å². The Balaban J connectivity index is 1.29. The summed E-state index contributed by atoms with van der Waals surface area (Å²) in [5.41, 5.74) is -0.577. The Morgan fingerprint density at radius 2 is 1.93 bits per heavy atom. The number of likely N-dealkylation sites (tertiary alicyclic amines) is 1. The van der Waals surface area contributed by atoms with Gasteiger partial charge < -0.3 is 19.7 Å². The summed E-state index contributed by atoms with van der Waals surface area (Å²) in [7, 11) is 0. The molecule has 0 spiro atoms. The number of nitrogens with zero attached hydrogens (tertiary/aromatic N) is 2. The Labute approximate surface area is 170 Å². The summed E-state index contributed by atoms with van der Waals surface area (Å²) >= 11 is 0. The molecule has 7 nitrogen and oxygen atoms in total. The number of esters is 1. The van der Waals surface area contributed by atoms with Crippen LogP contribution < -0.4 is 5.32 Å². The van der Waals surface area contributed by atoms with E-state index in [2.05, 4.69) is 5.32 Å². The molecule has 1 amide bonds. The van der Waals surface area contributed by atoms with Gasteiger partial charge >= 0.3 is 5.97 Å². The zero-order valence-corrected chi connectivity index (χ0v) is 16.8. The van der Waals surface area contributed by atoms with Crippen molar-refractivity contribution in [3.8, 4) is 6.07 Å². The molecule has 2 bridgehead atoms. The van der Waals surface area contributed by atoms with E-state index >= 15 is 0 Å². The lowest BCUT2D eigenvalue weighted by Gasteiger charge is -2.52. The summed E-state index contributed by atoms with van der Waals surface area (Å²) in [5.74, 6) is -0.348. The molecule has 2 unspecified atom stereocenters. The van der Waals surface area contributed by atoms with Crippen LogP contribution in [0.3, 0.4) is 0 Å². The minimum absolute atomic E-state index is 0.00390. The van der Waals surface area contributed by atoms with Crippen LogP contribution in [0.25, 0.3) is 0 Å². The van der Waals surface area contributed by atoms with Crippen LogP contribution in [0.5, 0.6) is 0 Å². The van der Waals surface area contributed by atoms with Crippen molar-refractivity contribution < 1.29 is 23.5 Å². The van der Waals surface area contributed by atoms with E-state index < -0.39 is 23.9 Å². The van der Waals surface area contributed by atoms with Crippen molar-refractivity contribution in [1.82, 2.24) is 10.2 Å². The molecule has 8 heteroatoms. The number of nitriles is 1. The van der Waals surface area contributed by atoms with Crippen LogP contribution in [0.1, 0.15) is 64.2 Å². The maximum absolute atomic E-state index is 13.6. The fraction of sp³-hybridized carbons (Fsp3) is 0.857. The number of amides is 1. The molecular weight excluding hydrogens is 377 g/mol. The Kier molecular flexibility index (Phi) is 5.80. The van der Waals surface area contributed by atoms with Crippen molar-refractivity contribution in [2.45, 2.75) is 88.3 Å². The van der Waals surface area contributed by atoms with E-state index in [1.54, 1.807) is 0 Å². The first-order valence-electron chi connectivity index (χ1n) is 10.9. The average molecular weight is 407 g/mol. The minimum Gasteiger partial charge on any atom is -0.435 e. The summed E-state index contributed by atoms with van der Waals surface area (Å²) in [5, 5.41) is 12.5. The fourth-order valence-corrected chi connectivity index (χ4v) is 5.35. The van der Waals surface area contributed by atoms with Crippen molar-refractivity contribution in [3.63, 3.8) is 0 Å². The monoisotopic (exact) mass is 407 g/mol. The van der Waals surface area contributed by atoms with Crippen molar-refractivity contribution >= 4 is 11.9 Å². The highest BCUT2D eigenvalue weighted by atomic mass is 19.1. The predicted octanol–water partition coefficient (Wildman–Crippen LogP) is 2.20. The van der Waals surface area contributed by atoms with E-state index in [1.807, 2.05) is 6.07 Å². The van der Waals surface area contributed by atoms with Gasteiger partial charge in [0.1, 0.15) is 12.2 Å². The average Bonchev–Trinajstić information content (AvgIpc) is 3.15. The van der Waals surface area contributed by atoms with Crippen LogP contribution in [-0.2, 0) is 19.1 Å². The second kappa shape index (κ2) is 8.19. The number of carbonyl (C=O) groups excluding carboxylic acids is 2. The van der Waals surface area contributed by atoms with Crippen LogP contribution in [0.2, 0.25) is 0 Å². The highest BCUT2D eigenvalue weighted by molar-refractivity contribution is 5.80. The summed E-state index contributed by atoms with van der Waals surface area (Å²) < 4.78 is 24.8. The Bertz CT molecular complexity index is 663. The second-order valence-electron chi connectivity index (χ2n) is 9.14. The number of hydrogen-bond acceptors (Lipinski definition) is 6. The van der Waals surface area contributed by atoms with Crippen LogP contribution >= 0.6 is 0 Å². The molecule has 5 fully saturated rings. The molecule has 2 saturated heterocycles. The van der Waals surface area contributed by atoms with Gasteiger partial charge in [-0.2, -0.15) is 5.26 Å². The lowest BCUT2D eigenvalue weighted by Crippen LogP contribution is -2.59. The van der Waals surface area contributed by atoms with Gasteiger partial charge in [0.05, 0.1) is 31.2 Å². The third-order valence-electron chi connectivity index (χ3n) is 7.39. The summed E-state index contributed by atoms with van der Waals surface area (Å²) in [6, 6.07) is 1.35. The summed E-state index contributed by atoms with van der Waals surface area (Å²) in [6.07, 6.45) is 6.08. The molecule has 5 rings (SSSR count). The van der Waals surface area contributed by atoms with E-state index in [4.69, 9.17) is 14.7 Å². The third kappa shape index (κ3) is 4.13. The van der Waals surface area contributed by atoms with Crippen molar-refractivity contribution in [1.29, 1.82) is 5.26 Å². The van der Waals surface area contributed by atoms with Crippen LogP contribution in [0.4, 0.5) is 4.39 Å². The molecule has 0 aromatic carbocycles. The number of hydrogen-bond donors (Lipinski definition) is 1. The number of halogens is 1. The molecule has 29 heavy (non-hydrogen) atoms. The molecule has 2 heterocycles. The standard InChI is InChI=1S/C21H30FN3O4/c22-15-11-16(12-23)25(14-15)17(26)13-24-21-7-4-20(5-8-21,6-9-21)19(27)29-18-3-1-2-10-28-18/h15-16,18,24H,1-11,13-14H2/t15-,16?,18?,20?,21?/m0/s1. The van der Waals surface area contributed by atoms with Gasteiger partial charge in [-0.25, -0.2) is 4.39 Å². The second-order valence-corrected chi connectivity index (χ2v) is 9.14. The lowest BCUT2D eigenvalue weighted by molar-refractivity contribution is -0.203. The zero-order chi connectivity index (χ0) is 20.5. The normalized spacial score (nSPS) is 39.2. The van der Waals surface area contributed by atoms with E-state index in [-0.39, 0.29) is 36.9 Å². The van der Waals surface area contributed by atoms with E-state index in [1.165, 1.54) is 4.90 Å². The number of nitrogens with one attached hydrogen (secondary N) is 1. The number of carbonyl (C=O) groups is 2. The molecule has 160 valence electrons. The first-order valence-corrected chi connectivity index (χ1v) is 10.9. The number of rotatable bonds is 5. The molecule has 2 aliphatic heterocycles. The van der Waals surface area contributed by atoms with Gasteiger partial charge in [-0.05, 0) is 51.4 Å². The van der Waals surface area contributed by atoms with Gasteiger partial charge in [-0.3, -0.25) is 9.59 Å². The van der Waals surface area contributed by atoms with Gasteiger partial charge in [-0.1, -0.05) is 0 Å². The van der Waals surface area contributed by atoms with Crippen LogP contribution in [0.15, 0.2) is 0 Å². The largest absolute Gasteiger partial charge is 0.435 e. The molecule has 3 aliphatic carbocycles. The molecule has 5 aliphatic rings. The first-order chi connectivity index (χ1) is 14.0. The third-order valence-corrected chi connectivity index (χ3v) is 7.39. The van der Waals surface area contributed by atoms with Crippen LogP contribution in [0, 0.1) is 16.7 Å². The number of fused-ring (bicyclic) bond motifs is 3. The zero-order valence-electron chi connectivity index (χ0n) is 16.8. The highest BCUT2D eigenvalue weighted by Crippen LogP contribution is 2.53. The molecule has 0 radical (unpaired) electrons. The lowest BCUT2D eigenvalue weighted by atomic mass is 9.57. The Hall–Kier alpha value is -1.72. The van der Waals surface area contributed by atoms with Crippen molar-refractivity contribution in [2.24, 2.45) is 5.41 Å². The van der Waals surface area contributed by atoms with Crippen LogP contribution in [-0.4, -0.2) is 60.5 Å². The molecule has 0 aromatic heterocycles. The predicted molar refractivity (Wildman–Crippen MR) is 101 cm³/mol. The molecule has 0 aromatic rings. The summed E-state index contributed by atoms with van der Waals surface area (Å²) in [4.78, 5) is 26.7. The maximum Gasteiger partial charge on any atom is 0.314 e. The van der Waals surface area contributed by atoms with E-state index in [0.717, 1.165) is 57.8 Å². The van der Waals surface area contributed by atoms with Gasteiger partial charge in [0.25, 0.3) is 0 Å². The van der Waals surface area contributed by atoms with Gasteiger partial charge in [0.2, 0.25) is 12.2 Å². The highest BCUT2D eigenvalue weighted by Gasteiger charge is 2.53. The van der Waals surface area contributed by atoms with Crippen molar-refractivity contribution in [3.05, 3.63) is 0 Å².